The normalized spacial score (nSPS) is 12.8. The van der Waals surface area contributed by atoms with Gasteiger partial charge in [-0.15, -0.1) is 0 Å². The van der Waals surface area contributed by atoms with Crippen molar-refractivity contribution in [3.8, 4) is 6.07 Å². The van der Waals surface area contributed by atoms with E-state index in [0.717, 1.165) is 0 Å². The second-order valence-corrected chi connectivity index (χ2v) is 4.46. The molecule has 0 bridgehead atoms. The molecule has 0 aliphatic carbocycles. The number of carbonyl (C=O) groups excluding carboxylic acids is 1. The summed E-state index contributed by atoms with van der Waals surface area (Å²) in [6.45, 7) is 3.60. The van der Waals surface area contributed by atoms with E-state index in [2.05, 4.69) is 10.6 Å². The monoisotopic (exact) mass is 275 g/mol. The molecule has 0 fully saturated rings. The molecule has 1 rings (SSSR count). The molecule has 20 heavy (non-hydrogen) atoms. The van der Waals surface area contributed by atoms with Crippen molar-refractivity contribution >= 4 is 17.7 Å². The minimum absolute atomic E-state index is 0.190. The third-order valence-electron chi connectivity index (χ3n) is 3.06. The third kappa shape index (κ3) is 3.99. The molecule has 0 aliphatic heterocycles. The first-order valence-corrected chi connectivity index (χ1v) is 6.29. The lowest BCUT2D eigenvalue weighted by Crippen LogP contribution is -2.46. The number of anilines is 1. The molecule has 106 valence electrons. The van der Waals surface area contributed by atoms with E-state index in [1.807, 2.05) is 13.0 Å². The summed E-state index contributed by atoms with van der Waals surface area (Å²) in [6, 6.07) is 6.86. The first kappa shape index (κ1) is 15.5. The number of carbonyl (C=O) groups is 2. The van der Waals surface area contributed by atoms with Crippen molar-refractivity contribution in [1.82, 2.24) is 5.32 Å². The van der Waals surface area contributed by atoms with Crippen LogP contribution in [0.15, 0.2) is 24.3 Å². The van der Waals surface area contributed by atoms with Crippen LogP contribution in [0.4, 0.5) is 10.5 Å². The fourth-order valence-corrected chi connectivity index (χ4v) is 1.67. The molecule has 0 aromatic heterocycles. The third-order valence-corrected chi connectivity index (χ3v) is 3.06. The van der Waals surface area contributed by atoms with Crippen LogP contribution in [0.3, 0.4) is 0 Å². The van der Waals surface area contributed by atoms with Gasteiger partial charge in [0.1, 0.15) is 12.1 Å². The summed E-state index contributed by atoms with van der Waals surface area (Å²) in [6.07, 6.45) is 0.631. The van der Waals surface area contributed by atoms with Gasteiger partial charge in [0, 0.05) is 0 Å². The van der Waals surface area contributed by atoms with Gasteiger partial charge >= 0.3 is 12.0 Å². The van der Waals surface area contributed by atoms with Gasteiger partial charge in [0.05, 0.1) is 11.3 Å². The topological polar surface area (TPSA) is 102 Å². The molecule has 6 heteroatoms. The number of rotatable bonds is 5. The Kier molecular flexibility index (Phi) is 5.54. The van der Waals surface area contributed by atoms with Gasteiger partial charge < -0.3 is 15.7 Å². The van der Waals surface area contributed by atoms with Gasteiger partial charge in [-0.05, 0) is 18.1 Å². The smallest absolute Gasteiger partial charge is 0.326 e. The van der Waals surface area contributed by atoms with Crippen molar-refractivity contribution in [1.29, 1.82) is 5.26 Å². The Labute approximate surface area is 117 Å². The Hall–Kier alpha value is -2.55. The van der Waals surface area contributed by atoms with Crippen molar-refractivity contribution in [2.75, 3.05) is 5.32 Å². The molecule has 0 radical (unpaired) electrons. The van der Waals surface area contributed by atoms with Gasteiger partial charge in [-0.25, -0.2) is 9.59 Å². The van der Waals surface area contributed by atoms with E-state index in [0.29, 0.717) is 17.7 Å². The zero-order chi connectivity index (χ0) is 15.1. The van der Waals surface area contributed by atoms with Crippen LogP contribution in [0.25, 0.3) is 0 Å². The number of carboxylic acids is 1. The van der Waals surface area contributed by atoms with Gasteiger partial charge in [-0.3, -0.25) is 0 Å². The average molecular weight is 275 g/mol. The number of urea groups is 1. The number of para-hydroxylation sites is 1. The maximum absolute atomic E-state index is 11.8. The van der Waals surface area contributed by atoms with Crippen LogP contribution < -0.4 is 10.6 Å². The van der Waals surface area contributed by atoms with Crippen molar-refractivity contribution < 1.29 is 14.7 Å². The molecule has 2 atom stereocenters. The lowest BCUT2D eigenvalue weighted by Gasteiger charge is -2.20. The average Bonchev–Trinajstić information content (AvgIpc) is 2.44. The number of hydrogen-bond acceptors (Lipinski definition) is 3. The van der Waals surface area contributed by atoms with Crippen LogP contribution in [0.5, 0.6) is 0 Å². The summed E-state index contributed by atoms with van der Waals surface area (Å²) in [7, 11) is 0. The van der Waals surface area contributed by atoms with Crippen LogP contribution in [-0.4, -0.2) is 23.1 Å². The molecule has 0 heterocycles. The Bertz CT molecular complexity index is 537. The van der Waals surface area contributed by atoms with Gasteiger partial charge in [0.2, 0.25) is 0 Å². The Morgan fingerprint density at radius 1 is 1.40 bits per heavy atom. The summed E-state index contributed by atoms with van der Waals surface area (Å²) in [5.74, 6) is -1.27. The number of hydrogen-bond donors (Lipinski definition) is 3. The molecule has 6 nitrogen and oxygen atoms in total. The summed E-state index contributed by atoms with van der Waals surface area (Å²) in [5.41, 5.74) is 0.666. The molecule has 1 aromatic carbocycles. The Morgan fingerprint density at radius 3 is 2.60 bits per heavy atom. The highest BCUT2D eigenvalue weighted by Gasteiger charge is 2.25. The van der Waals surface area contributed by atoms with Crippen LogP contribution in [0.1, 0.15) is 25.8 Å². The van der Waals surface area contributed by atoms with Crippen LogP contribution in [0.2, 0.25) is 0 Å². The molecular weight excluding hydrogens is 258 g/mol. The molecule has 0 saturated carbocycles. The molecule has 3 N–H and O–H groups in total. The van der Waals surface area contributed by atoms with Crippen LogP contribution >= 0.6 is 0 Å². The van der Waals surface area contributed by atoms with E-state index in [1.165, 1.54) is 0 Å². The molecule has 1 aromatic rings. The Morgan fingerprint density at radius 2 is 2.05 bits per heavy atom. The first-order chi connectivity index (χ1) is 9.49. The second-order valence-electron chi connectivity index (χ2n) is 4.46. The number of aliphatic carboxylic acids is 1. The zero-order valence-corrected chi connectivity index (χ0v) is 11.4. The Balaban J connectivity index is 2.76. The molecule has 2 amide bonds. The maximum Gasteiger partial charge on any atom is 0.326 e. The van der Waals surface area contributed by atoms with E-state index in [1.54, 1.807) is 31.2 Å². The summed E-state index contributed by atoms with van der Waals surface area (Å²) in [5, 5.41) is 22.9. The summed E-state index contributed by atoms with van der Waals surface area (Å²) >= 11 is 0. The van der Waals surface area contributed by atoms with Gasteiger partial charge in [0.15, 0.2) is 0 Å². The molecular formula is C14H17N3O3. The molecule has 0 aliphatic rings. The zero-order valence-electron chi connectivity index (χ0n) is 11.4. The standard InChI is InChI=1S/C14H17N3O3/c1-3-9(2)12(13(18)19)17-14(20)16-11-7-5-4-6-10(11)8-15/h4-7,9,12H,3H2,1-2H3,(H,18,19)(H2,16,17,20)/t9-,12-/m0/s1. The van der Waals surface area contributed by atoms with Crippen LogP contribution in [0, 0.1) is 17.2 Å². The summed E-state index contributed by atoms with van der Waals surface area (Å²) in [4.78, 5) is 22.9. The predicted molar refractivity (Wildman–Crippen MR) is 74.2 cm³/mol. The number of nitriles is 1. The second kappa shape index (κ2) is 7.14. The molecule has 0 saturated heterocycles. The SMILES string of the molecule is CC[C@H](C)[C@H](NC(=O)Nc1ccccc1C#N)C(=O)O. The predicted octanol–water partition coefficient (Wildman–Crippen LogP) is 2.18. The van der Waals surface area contributed by atoms with E-state index >= 15 is 0 Å². The lowest BCUT2D eigenvalue weighted by atomic mass is 9.99. The van der Waals surface area contributed by atoms with E-state index in [4.69, 9.17) is 10.4 Å². The minimum Gasteiger partial charge on any atom is -0.480 e. The highest BCUT2D eigenvalue weighted by Crippen LogP contribution is 2.14. The van der Waals surface area contributed by atoms with Crippen molar-refractivity contribution in [2.45, 2.75) is 26.3 Å². The van der Waals surface area contributed by atoms with E-state index in [9.17, 15) is 9.59 Å². The number of benzene rings is 1. The fourth-order valence-electron chi connectivity index (χ4n) is 1.67. The number of nitrogens with one attached hydrogen (secondary N) is 2. The fraction of sp³-hybridized carbons (Fsp3) is 0.357. The molecule has 0 spiro atoms. The lowest BCUT2D eigenvalue weighted by molar-refractivity contribution is -0.140. The summed E-state index contributed by atoms with van der Waals surface area (Å²) < 4.78 is 0. The number of amides is 2. The van der Waals surface area contributed by atoms with Gasteiger partial charge in [-0.1, -0.05) is 32.4 Å². The number of nitrogens with zero attached hydrogens (tertiary/aromatic N) is 1. The largest absolute Gasteiger partial charge is 0.480 e. The van der Waals surface area contributed by atoms with Crippen molar-refractivity contribution in [2.24, 2.45) is 5.92 Å². The van der Waals surface area contributed by atoms with Crippen molar-refractivity contribution in [3.63, 3.8) is 0 Å². The van der Waals surface area contributed by atoms with Crippen LogP contribution in [-0.2, 0) is 4.79 Å². The van der Waals surface area contributed by atoms with E-state index < -0.39 is 18.0 Å². The van der Waals surface area contributed by atoms with Gasteiger partial charge in [-0.2, -0.15) is 5.26 Å². The highest BCUT2D eigenvalue weighted by atomic mass is 16.4. The molecule has 0 unspecified atom stereocenters. The van der Waals surface area contributed by atoms with E-state index in [-0.39, 0.29) is 5.92 Å². The van der Waals surface area contributed by atoms with Gasteiger partial charge in [0.25, 0.3) is 0 Å². The quantitative estimate of drug-likeness (QED) is 0.766. The number of carboxylic acid groups (broad SMARTS) is 1. The maximum atomic E-state index is 11.8. The van der Waals surface area contributed by atoms with Crippen molar-refractivity contribution in [3.05, 3.63) is 29.8 Å². The highest BCUT2D eigenvalue weighted by molar-refractivity contribution is 5.93. The first-order valence-electron chi connectivity index (χ1n) is 6.29. The minimum atomic E-state index is -1.08.